The molecule has 0 aliphatic carbocycles. The van der Waals surface area contributed by atoms with Gasteiger partial charge in [-0.25, -0.2) is 0 Å². The summed E-state index contributed by atoms with van der Waals surface area (Å²) in [5.74, 6) is 2.62. The Hall–Kier alpha value is -0.910. The first-order valence-corrected chi connectivity index (χ1v) is 8.04. The van der Waals surface area contributed by atoms with Crippen LogP contribution in [0.25, 0.3) is 0 Å². The summed E-state index contributed by atoms with van der Waals surface area (Å²) in [6.07, 6.45) is 2.58. The standard InChI is InChI=1S/C15H23NO3S/c1-15(17,11-16)6-2-9-20-12-4-5-13-14(10-12)19-8-3-7-18-13/h4-5,10,17H,2-3,6-9,11,16H2,1H3. The lowest BCUT2D eigenvalue weighted by Gasteiger charge is -2.20. The van der Waals surface area contributed by atoms with Gasteiger partial charge < -0.3 is 20.3 Å². The summed E-state index contributed by atoms with van der Waals surface area (Å²) in [5, 5.41) is 9.84. The van der Waals surface area contributed by atoms with Crippen LogP contribution >= 0.6 is 11.8 Å². The summed E-state index contributed by atoms with van der Waals surface area (Å²) in [6.45, 7) is 3.51. The van der Waals surface area contributed by atoms with Gasteiger partial charge in [-0.2, -0.15) is 0 Å². The summed E-state index contributed by atoms with van der Waals surface area (Å²) in [4.78, 5) is 1.17. The van der Waals surface area contributed by atoms with Gasteiger partial charge in [0.05, 0.1) is 18.8 Å². The molecule has 0 bridgehead atoms. The lowest BCUT2D eigenvalue weighted by atomic mass is 10.0. The SMILES string of the molecule is CC(O)(CN)CCCSc1ccc2c(c1)OCCCO2. The van der Waals surface area contributed by atoms with Crippen LogP contribution in [0.3, 0.4) is 0 Å². The number of thioether (sulfide) groups is 1. The highest BCUT2D eigenvalue weighted by atomic mass is 32.2. The van der Waals surface area contributed by atoms with Crippen molar-refractivity contribution in [2.75, 3.05) is 25.5 Å². The second-order valence-electron chi connectivity index (χ2n) is 5.31. The van der Waals surface area contributed by atoms with Gasteiger partial charge in [0, 0.05) is 17.9 Å². The largest absolute Gasteiger partial charge is 0.490 e. The van der Waals surface area contributed by atoms with Crippen LogP contribution in [0.4, 0.5) is 0 Å². The Kier molecular flexibility index (Phi) is 5.57. The third-order valence-electron chi connectivity index (χ3n) is 3.29. The van der Waals surface area contributed by atoms with Crippen molar-refractivity contribution >= 4 is 11.8 Å². The van der Waals surface area contributed by atoms with E-state index in [1.807, 2.05) is 12.1 Å². The number of rotatable bonds is 6. The van der Waals surface area contributed by atoms with E-state index in [0.717, 1.165) is 36.5 Å². The van der Waals surface area contributed by atoms with Gasteiger partial charge in [-0.1, -0.05) is 0 Å². The molecule has 1 aromatic carbocycles. The molecular weight excluding hydrogens is 274 g/mol. The molecule has 1 aromatic rings. The lowest BCUT2D eigenvalue weighted by molar-refractivity contribution is 0.0596. The van der Waals surface area contributed by atoms with Crippen molar-refractivity contribution in [1.82, 2.24) is 0 Å². The topological polar surface area (TPSA) is 64.7 Å². The second kappa shape index (κ2) is 7.20. The molecule has 0 aromatic heterocycles. The highest BCUT2D eigenvalue weighted by molar-refractivity contribution is 7.99. The fourth-order valence-electron chi connectivity index (χ4n) is 1.98. The Morgan fingerprint density at radius 1 is 1.30 bits per heavy atom. The molecule has 1 heterocycles. The lowest BCUT2D eigenvalue weighted by Crippen LogP contribution is -2.34. The Morgan fingerprint density at radius 2 is 2.05 bits per heavy atom. The number of hydrogen-bond acceptors (Lipinski definition) is 5. The third kappa shape index (κ3) is 4.58. The molecule has 20 heavy (non-hydrogen) atoms. The van der Waals surface area contributed by atoms with Crippen LogP contribution in [0.2, 0.25) is 0 Å². The highest BCUT2D eigenvalue weighted by Gasteiger charge is 2.17. The quantitative estimate of drug-likeness (QED) is 0.623. The minimum Gasteiger partial charge on any atom is -0.490 e. The number of fused-ring (bicyclic) bond motifs is 1. The molecule has 0 radical (unpaired) electrons. The first-order valence-electron chi connectivity index (χ1n) is 7.06. The summed E-state index contributed by atoms with van der Waals surface area (Å²) in [6, 6.07) is 6.06. The monoisotopic (exact) mass is 297 g/mol. The fourth-order valence-corrected chi connectivity index (χ4v) is 2.86. The van der Waals surface area contributed by atoms with E-state index in [4.69, 9.17) is 15.2 Å². The van der Waals surface area contributed by atoms with E-state index >= 15 is 0 Å². The Morgan fingerprint density at radius 3 is 2.80 bits per heavy atom. The van der Waals surface area contributed by atoms with E-state index in [9.17, 15) is 5.11 Å². The van der Waals surface area contributed by atoms with Crippen LogP contribution in [-0.2, 0) is 0 Å². The fraction of sp³-hybridized carbons (Fsp3) is 0.600. The van der Waals surface area contributed by atoms with Gasteiger partial charge in [0.15, 0.2) is 11.5 Å². The van der Waals surface area contributed by atoms with Gasteiger partial charge in [-0.3, -0.25) is 0 Å². The van der Waals surface area contributed by atoms with Crippen molar-refractivity contribution in [2.24, 2.45) is 5.73 Å². The zero-order valence-electron chi connectivity index (χ0n) is 11.9. The second-order valence-corrected chi connectivity index (χ2v) is 6.48. The molecule has 0 fully saturated rings. The van der Waals surface area contributed by atoms with Crippen molar-refractivity contribution in [3.8, 4) is 11.5 Å². The molecule has 4 nitrogen and oxygen atoms in total. The number of ether oxygens (including phenoxy) is 2. The molecule has 0 saturated heterocycles. The first kappa shape index (κ1) is 15.5. The Labute approximate surface area is 124 Å². The van der Waals surface area contributed by atoms with Crippen LogP contribution in [0.5, 0.6) is 11.5 Å². The van der Waals surface area contributed by atoms with Crippen LogP contribution in [0.15, 0.2) is 23.1 Å². The van der Waals surface area contributed by atoms with Gasteiger partial charge in [0.1, 0.15) is 0 Å². The summed E-state index contributed by atoms with van der Waals surface area (Å²) >= 11 is 1.76. The Balaban J connectivity index is 1.83. The maximum absolute atomic E-state index is 9.84. The zero-order valence-corrected chi connectivity index (χ0v) is 12.7. The molecule has 1 unspecified atom stereocenters. The van der Waals surface area contributed by atoms with Crippen LogP contribution < -0.4 is 15.2 Å². The first-order chi connectivity index (χ1) is 9.61. The number of hydrogen-bond donors (Lipinski definition) is 2. The van der Waals surface area contributed by atoms with Crippen molar-refractivity contribution < 1.29 is 14.6 Å². The number of benzene rings is 1. The molecule has 1 atom stereocenters. The summed E-state index contributed by atoms with van der Waals surface area (Å²) in [5.41, 5.74) is 4.76. The molecule has 2 rings (SSSR count). The molecule has 1 aliphatic rings. The van der Waals surface area contributed by atoms with Crippen molar-refractivity contribution in [3.05, 3.63) is 18.2 Å². The van der Waals surface area contributed by atoms with E-state index in [1.54, 1.807) is 18.7 Å². The van der Waals surface area contributed by atoms with Crippen molar-refractivity contribution in [1.29, 1.82) is 0 Å². The predicted octanol–water partition coefficient (Wildman–Crippen LogP) is 2.43. The van der Waals surface area contributed by atoms with E-state index in [0.29, 0.717) is 19.8 Å². The van der Waals surface area contributed by atoms with E-state index in [-0.39, 0.29) is 0 Å². The van der Waals surface area contributed by atoms with Gasteiger partial charge in [-0.15, -0.1) is 11.8 Å². The average Bonchev–Trinajstić information content (AvgIpc) is 2.68. The highest BCUT2D eigenvalue weighted by Crippen LogP contribution is 2.34. The van der Waals surface area contributed by atoms with Gasteiger partial charge in [0.25, 0.3) is 0 Å². The molecule has 5 heteroatoms. The number of aliphatic hydroxyl groups is 1. The zero-order chi connectivity index (χ0) is 14.4. The molecule has 3 N–H and O–H groups in total. The number of nitrogens with two attached hydrogens (primary N) is 1. The van der Waals surface area contributed by atoms with Crippen molar-refractivity contribution in [2.45, 2.75) is 36.7 Å². The molecule has 0 saturated carbocycles. The maximum Gasteiger partial charge on any atom is 0.162 e. The molecule has 112 valence electrons. The molecule has 0 amide bonds. The van der Waals surface area contributed by atoms with Crippen molar-refractivity contribution in [3.63, 3.8) is 0 Å². The third-order valence-corrected chi connectivity index (χ3v) is 4.37. The minimum atomic E-state index is -0.745. The van der Waals surface area contributed by atoms with Gasteiger partial charge in [0.2, 0.25) is 0 Å². The smallest absolute Gasteiger partial charge is 0.162 e. The molecule has 1 aliphatic heterocycles. The van der Waals surface area contributed by atoms with E-state index < -0.39 is 5.60 Å². The van der Waals surface area contributed by atoms with Crippen LogP contribution in [-0.4, -0.2) is 36.2 Å². The summed E-state index contributed by atoms with van der Waals surface area (Å²) in [7, 11) is 0. The summed E-state index contributed by atoms with van der Waals surface area (Å²) < 4.78 is 11.3. The molecule has 0 spiro atoms. The van der Waals surface area contributed by atoms with Crippen LogP contribution in [0, 0.1) is 0 Å². The average molecular weight is 297 g/mol. The minimum absolute atomic E-state index is 0.307. The van der Waals surface area contributed by atoms with Crippen LogP contribution in [0.1, 0.15) is 26.2 Å². The predicted molar refractivity (Wildman–Crippen MR) is 81.7 cm³/mol. The van der Waals surface area contributed by atoms with Gasteiger partial charge in [-0.05, 0) is 43.7 Å². The molecular formula is C15H23NO3S. The maximum atomic E-state index is 9.84. The normalized spacial score (nSPS) is 17.4. The Bertz CT molecular complexity index is 437. The van der Waals surface area contributed by atoms with E-state index in [2.05, 4.69) is 6.07 Å². The van der Waals surface area contributed by atoms with E-state index in [1.165, 1.54) is 4.90 Å². The van der Waals surface area contributed by atoms with Gasteiger partial charge >= 0.3 is 0 Å².